The van der Waals surface area contributed by atoms with E-state index in [1.807, 2.05) is 66.9 Å². The molecule has 0 aliphatic rings. The van der Waals surface area contributed by atoms with Crippen molar-refractivity contribution in [3.05, 3.63) is 109 Å². The summed E-state index contributed by atoms with van der Waals surface area (Å²) in [7, 11) is 0. The third kappa shape index (κ3) is 5.93. The van der Waals surface area contributed by atoms with E-state index in [9.17, 15) is 15.4 Å². The van der Waals surface area contributed by atoms with Crippen LogP contribution in [0.3, 0.4) is 0 Å². The molecule has 0 N–H and O–H groups in total. The number of nitrogens with zero attached hydrogens (tertiary/aromatic N) is 5. The van der Waals surface area contributed by atoms with Crippen molar-refractivity contribution in [2.45, 2.75) is 30.9 Å². The van der Waals surface area contributed by atoms with Crippen molar-refractivity contribution in [1.82, 2.24) is 14.8 Å². The molecule has 1 heterocycles. The van der Waals surface area contributed by atoms with Gasteiger partial charge in [-0.2, -0.15) is 5.26 Å². The van der Waals surface area contributed by atoms with Gasteiger partial charge < -0.3 is 4.74 Å². The van der Waals surface area contributed by atoms with Crippen LogP contribution in [-0.2, 0) is 6.61 Å². The molecule has 182 valence electrons. The van der Waals surface area contributed by atoms with Crippen LogP contribution in [-0.4, -0.2) is 26.2 Å². The second-order valence-corrected chi connectivity index (χ2v) is 10.1. The smallest absolute Gasteiger partial charge is 0.220 e. The zero-order valence-corrected chi connectivity index (χ0v) is 22.0. The molecule has 1 aromatic heterocycles. The zero-order valence-electron chi connectivity index (χ0n) is 19.6. The lowest BCUT2D eigenvalue weighted by Gasteiger charge is -2.18. The molecule has 0 spiro atoms. The number of thioether (sulfide) groups is 1. The normalized spacial score (nSPS) is 11.6. The van der Waals surface area contributed by atoms with Crippen LogP contribution in [0.1, 0.15) is 33.3 Å². The standard InChI is InChI=1S/C26H22BrN5O3S/c1-17-7-10-22(11-8-17)32-18(2)29-30-26(32)36-25(15-31(33)34)23-13-21(27)9-12-24(23)35-16-20-6-4-3-5-19(20)14-28/h3-13,25H,15-16H2,1-2H3/t25-/m1/s1. The minimum atomic E-state index is -0.605. The Kier molecular flexibility index (Phi) is 8.03. The van der Waals surface area contributed by atoms with Gasteiger partial charge in [-0.25, -0.2) is 0 Å². The van der Waals surface area contributed by atoms with E-state index >= 15 is 0 Å². The summed E-state index contributed by atoms with van der Waals surface area (Å²) >= 11 is 4.75. The Morgan fingerprint density at radius 2 is 1.89 bits per heavy atom. The van der Waals surface area contributed by atoms with E-state index in [-0.39, 0.29) is 18.1 Å². The highest BCUT2D eigenvalue weighted by molar-refractivity contribution is 9.10. The molecule has 36 heavy (non-hydrogen) atoms. The fourth-order valence-electron chi connectivity index (χ4n) is 3.69. The predicted molar refractivity (Wildman–Crippen MR) is 141 cm³/mol. The minimum absolute atomic E-state index is 0.160. The molecule has 0 saturated heterocycles. The highest BCUT2D eigenvalue weighted by atomic mass is 79.9. The number of nitriles is 1. The van der Waals surface area contributed by atoms with Gasteiger partial charge >= 0.3 is 0 Å². The molecule has 4 rings (SSSR count). The van der Waals surface area contributed by atoms with Gasteiger partial charge in [0, 0.05) is 26.2 Å². The number of hydrogen-bond donors (Lipinski definition) is 0. The van der Waals surface area contributed by atoms with Gasteiger partial charge in [0.25, 0.3) is 0 Å². The number of ether oxygens (including phenoxy) is 1. The number of rotatable bonds is 9. The van der Waals surface area contributed by atoms with Crippen molar-refractivity contribution in [2.75, 3.05) is 6.54 Å². The van der Waals surface area contributed by atoms with Gasteiger partial charge in [0.05, 0.1) is 11.6 Å². The first kappa shape index (κ1) is 25.4. The Morgan fingerprint density at radius 1 is 1.14 bits per heavy atom. The molecule has 0 radical (unpaired) electrons. The van der Waals surface area contributed by atoms with Crippen LogP contribution in [0.2, 0.25) is 0 Å². The first-order valence-corrected chi connectivity index (χ1v) is 12.7. The minimum Gasteiger partial charge on any atom is -0.489 e. The molecule has 0 fully saturated rings. The topological polar surface area (TPSA) is 107 Å². The maximum Gasteiger partial charge on any atom is 0.220 e. The lowest BCUT2D eigenvalue weighted by Crippen LogP contribution is -2.13. The maximum absolute atomic E-state index is 11.7. The summed E-state index contributed by atoms with van der Waals surface area (Å²) in [5.41, 5.74) is 3.91. The quantitative estimate of drug-likeness (QED) is 0.135. The molecule has 0 saturated carbocycles. The average molecular weight is 564 g/mol. The third-order valence-corrected chi connectivity index (χ3v) is 7.15. The van der Waals surface area contributed by atoms with Crippen LogP contribution >= 0.6 is 27.7 Å². The van der Waals surface area contributed by atoms with Crippen LogP contribution < -0.4 is 4.74 Å². The Hall–Kier alpha value is -3.68. The van der Waals surface area contributed by atoms with E-state index in [4.69, 9.17) is 4.74 Å². The van der Waals surface area contributed by atoms with E-state index in [2.05, 4.69) is 32.2 Å². The van der Waals surface area contributed by atoms with Gasteiger partial charge in [-0.1, -0.05) is 63.6 Å². The van der Waals surface area contributed by atoms with Crippen LogP contribution in [0.15, 0.2) is 76.4 Å². The summed E-state index contributed by atoms with van der Waals surface area (Å²) in [6, 6.07) is 22.7. The highest BCUT2D eigenvalue weighted by Crippen LogP contribution is 2.41. The molecule has 0 aliphatic heterocycles. The van der Waals surface area contributed by atoms with Crippen LogP contribution in [0, 0.1) is 35.3 Å². The molecule has 0 aliphatic carbocycles. The number of nitro groups is 1. The van der Waals surface area contributed by atoms with E-state index in [1.165, 1.54) is 11.8 Å². The van der Waals surface area contributed by atoms with Crippen molar-refractivity contribution in [1.29, 1.82) is 5.26 Å². The molecule has 3 aromatic carbocycles. The summed E-state index contributed by atoms with van der Waals surface area (Å²) in [5.74, 6) is 1.18. The lowest BCUT2D eigenvalue weighted by atomic mass is 10.1. The van der Waals surface area contributed by atoms with Gasteiger partial charge in [-0.05, 0) is 50.2 Å². The van der Waals surface area contributed by atoms with Gasteiger partial charge in [-0.15, -0.1) is 10.2 Å². The fraction of sp³-hybridized carbons (Fsp3) is 0.192. The van der Waals surface area contributed by atoms with Gasteiger partial charge in [0.1, 0.15) is 23.4 Å². The van der Waals surface area contributed by atoms with E-state index in [0.29, 0.717) is 27.9 Å². The third-order valence-electron chi connectivity index (χ3n) is 5.49. The average Bonchev–Trinajstić information content (AvgIpc) is 3.23. The molecule has 10 heteroatoms. The Labute approximate surface area is 221 Å². The summed E-state index contributed by atoms with van der Waals surface area (Å²) in [6.07, 6.45) is 0. The lowest BCUT2D eigenvalue weighted by molar-refractivity contribution is -0.479. The second-order valence-electron chi connectivity index (χ2n) is 8.06. The summed E-state index contributed by atoms with van der Waals surface area (Å²) in [6.45, 7) is 3.67. The molecular formula is C26H22BrN5O3S. The largest absolute Gasteiger partial charge is 0.489 e. The van der Waals surface area contributed by atoms with Crippen molar-refractivity contribution in [3.63, 3.8) is 0 Å². The van der Waals surface area contributed by atoms with Crippen molar-refractivity contribution in [3.8, 4) is 17.5 Å². The van der Waals surface area contributed by atoms with Crippen molar-refractivity contribution >= 4 is 27.7 Å². The molecule has 1 atom stereocenters. The number of aromatic nitrogens is 3. The molecule has 0 bridgehead atoms. The monoisotopic (exact) mass is 563 g/mol. The Morgan fingerprint density at radius 3 is 2.61 bits per heavy atom. The fourth-order valence-corrected chi connectivity index (χ4v) is 5.26. The van der Waals surface area contributed by atoms with Crippen LogP contribution in [0.25, 0.3) is 5.69 Å². The second kappa shape index (κ2) is 11.4. The number of halogens is 1. The van der Waals surface area contributed by atoms with Crippen molar-refractivity contribution in [2.24, 2.45) is 0 Å². The van der Waals surface area contributed by atoms with Crippen LogP contribution in [0.4, 0.5) is 0 Å². The molecule has 0 amide bonds. The summed E-state index contributed by atoms with van der Waals surface area (Å²) in [4.78, 5) is 11.4. The first-order chi connectivity index (χ1) is 17.4. The van der Waals surface area contributed by atoms with E-state index in [0.717, 1.165) is 21.3 Å². The SMILES string of the molecule is Cc1ccc(-n2c(C)nnc2S[C@H](C[N+](=O)[O-])c2cc(Br)ccc2OCc2ccccc2C#N)cc1. The van der Waals surface area contributed by atoms with Gasteiger partial charge in [-0.3, -0.25) is 14.7 Å². The van der Waals surface area contributed by atoms with Crippen LogP contribution in [0.5, 0.6) is 5.75 Å². The summed E-state index contributed by atoms with van der Waals surface area (Å²) in [5, 5.41) is 29.6. The van der Waals surface area contributed by atoms with Crippen molar-refractivity contribution < 1.29 is 9.66 Å². The van der Waals surface area contributed by atoms with E-state index in [1.54, 1.807) is 18.2 Å². The summed E-state index contributed by atoms with van der Waals surface area (Å²) < 4.78 is 8.76. The van der Waals surface area contributed by atoms with Gasteiger partial charge in [0.15, 0.2) is 5.16 Å². The first-order valence-electron chi connectivity index (χ1n) is 11.0. The molecule has 0 unspecified atom stereocenters. The zero-order chi connectivity index (χ0) is 25.7. The number of benzene rings is 3. The van der Waals surface area contributed by atoms with E-state index < -0.39 is 5.25 Å². The Bertz CT molecular complexity index is 1430. The molecular weight excluding hydrogens is 542 g/mol. The number of hydrogen-bond acceptors (Lipinski definition) is 7. The predicted octanol–water partition coefficient (Wildman–Crippen LogP) is 6.21. The highest BCUT2D eigenvalue weighted by Gasteiger charge is 2.27. The Balaban J connectivity index is 1.69. The molecule has 8 nitrogen and oxygen atoms in total. The maximum atomic E-state index is 11.7. The molecule has 4 aromatic rings. The van der Waals surface area contributed by atoms with Gasteiger partial charge in [0.2, 0.25) is 6.54 Å². The number of aryl methyl sites for hydroxylation is 2.